The Bertz CT molecular complexity index is 314. The number of hydrogen-bond acceptors (Lipinski definition) is 2. The van der Waals surface area contributed by atoms with Crippen LogP contribution in [0.1, 0.15) is 10.4 Å². The van der Waals surface area contributed by atoms with Gasteiger partial charge < -0.3 is 5.73 Å². The normalized spacial score (nSPS) is 9.83. The lowest BCUT2D eigenvalue weighted by molar-refractivity contribution is 0.102. The maximum absolute atomic E-state index is 11.2. The number of rotatable bonds is 2. The number of carbonyl (C=O) groups is 1. The molecule has 0 fully saturated rings. The van der Waals surface area contributed by atoms with E-state index in [-0.39, 0.29) is 5.78 Å². The number of nitrogens with two attached hydrogens (primary N) is 1. The quantitative estimate of drug-likeness (QED) is 0.389. The minimum absolute atomic E-state index is 0.0175. The topological polar surface area (TPSA) is 43.1 Å². The molecule has 0 aliphatic rings. The van der Waals surface area contributed by atoms with Crippen LogP contribution in [0.2, 0.25) is 0 Å². The summed E-state index contributed by atoms with van der Waals surface area (Å²) in [6.45, 7) is 0. The van der Waals surface area contributed by atoms with Crippen molar-refractivity contribution in [3.8, 4) is 0 Å². The average Bonchev–Trinajstić information content (AvgIpc) is 2.03. The highest BCUT2D eigenvalue weighted by molar-refractivity contribution is 14.1. The molecule has 64 valence electrons. The Morgan fingerprint density at radius 2 is 2.25 bits per heavy atom. The van der Waals surface area contributed by atoms with Crippen LogP contribution in [0, 0.1) is 3.57 Å². The lowest BCUT2D eigenvalue weighted by Gasteiger charge is -2.02. The van der Waals surface area contributed by atoms with E-state index in [1.807, 2.05) is 6.07 Å². The van der Waals surface area contributed by atoms with Crippen LogP contribution in [0.5, 0.6) is 0 Å². The maximum Gasteiger partial charge on any atom is 0.175 e. The predicted octanol–water partition coefficient (Wildman–Crippen LogP) is 2.45. The van der Waals surface area contributed by atoms with E-state index in [1.165, 1.54) is 0 Å². The first-order valence-corrected chi connectivity index (χ1v) is 5.49. The van der Waals surface area contributed by atoms with Gasteiger partial charge in [-0.25, -0.2) is 0 Å². The summed E-state index contributed by atoms with van der Waals surface area (Å²) in [5.74, 6) is 0.0175. The van der Waals surface area contributed by atoms with Crippen LogP contribution >= 0.6 is 38.5 Å². The van der Waals surface area contributed by atoms with Crippen LogP contribution in [-0.2, 0) is 0 Å². The highest BCUT2D eigenvalue weighted by Gasteiger charge is 2.07. The third-order valence-corrected chi connectivity index (χ3v) is 2.62. The smallest absolute Gasteiger partial charge is 0.175 e. The zero-order valence-corrected chi connectivity index (χ0v) is 9.92. The van der Waals surface area contributed by atoms with Gasteiger partial charge in [-0.1, -0.05) is 15.9 Å². The summed E-state index contributed by atoms with van der Waals surface area (Å²) in [4.78, 5) is 11.2. The minimum Gasteiger partial charge on any atom is -0.398 e. The molecule has 2 N–H and O–H groups in total. The number of ketones is 1. The number of benzene rings is 1. The predicted molar refractivity (Wildman–Crippen MR) is 61.7 cm³/mol. The molecule has 0 atom stereocenters. The highest BCUT2D eigenvalue weighted by Crippen LogP contribution is 2.16. The van der Waals surface area contributed by atoms with Crippen molar-refractivity contribution in [1.29, 1.82) is 0 Å². The molecule has 1 aromatic carbocycles. The molecule has 0 amide bonds. The Morgan fingerprint density at radius 1 is 1.58 bits per heavy atom. The van der Waals surface area contributed by atoms with Crippen molar-refractivity contribution in [2.24, 2.45) is 0 Å². The Kier molecular flexibility index (Phi) is 3.52. The van der Waals surface area contributed by atoms with E-state index in [1.54, 1.807) is 12.1 Å². The summed E-state index contributed by atoms with van der Waals surface area (Å²) < 4.78 is 1.04. The van der Waals surface area contributed by atoms with E-state index >= 15 is 0 Å². The van der Waals surface area contributed by atoms with Gasteiger partial charge in [-0.15, -0.1) is 0 Å². The molecule has 0 spiro atoms. The fraction of sp³-hybridized carbons (Fsp3) is 0.125. The van der Waals surface area contributed by atoms with Crippen molar-refractivity contribution < 1.29 is 4.79 Å². The van der Waals surface area contributed by atoms with Crippen LogP contribution in [0.3, 0.4) is 0 Å². The second kappa shape index (κ2) is 4.23. The van der Waals surface area contributed by atoms with Gasteiger partial charge in [0.25, 0.3) is 0 Å². The van der Waals surface area contributed by atoms with Gasteiger partial charge in [0, 0.05) is 14.8 Å². The first kappa shape index (κ1) is 9.98. The Hall–Kier alpha value is -0.100. The van der Waals surface area contributed by atoms with Crippen LogP contribution in [0.25, 0.3) is 0 Å². The lowest BCUT2D eigenvalue weighted by Crippen LogP contribution is -2.04. The monoisotopic (exact) mass is 339 g/mol. The first-order chi connectivity index (χ1) is 5.65. The van der Waals surface area contributed by atoms with E-state index in [9.17, 15) is 4.79 Å². The molecule has 0 heterocycles. The van der Waals surface area contributed by atoms with Crippen molar-refractivity contribution in [2.75, 3.05) is 11.1 Å². The molecule has 1 aromatic rings. The molecule has 0 saturated carbocycles. The Morgan fingerprint density at radius 3 is 2.75 bits per heavy atom. The number of alkyl halides is 1. The van der Waals surface area contributed by atoms with Crippen molar-refractivity contribution in [3.63, 3.8) is 0 Å². The van der Waals surface area contributed by atoms with Crippen LogP contribution in [-0.4, -0.2) is 11.1 Å². The molecular formula is C8H7BrINO. The molecule has 0 aromatic heterocycles. The zero-order valence-electron chi connectivity index (χ0n) is 6.18. The molecule has 0 aliphatic carbocycles. The number of anilines is 1. The molecule has 0 aliphatic heterocycles. The van der Waals surface area contributed by atoms with Gasteiger partial charge in [-0.2, -0.15) is 0 Å². The number of nitrogen functional groups attached to an aromatic ring is 1. The Balaban J connectivity index is 3.09. The Labute approximate surface area is 92.8 Å². The maximum atomic E-state index is 11.2. The van der Waals surface area contributed by atoms with E-state index in [0.717, 1.165) is 3.57 Å². The molecule has 1 rings (SSSR count). The second-order valence-electron chi connectivity index (χ2n) is 2.29. The summed E-state index contributed by atoms with van der Waals surface area (Å²) in [5.41, 5.74) is 6.79. The van der Waals surface area contributed by atoms with Crippen LogP contribution in [0.15, 0.2) is 18.2 Å². The lowest BCUT2D eigenvalue weighted by atomic mass is 10.1. The fourth-order valence-electron chi connectivity index (χ4n) is 0.860. The standard InChI is InChI=1S/C8H7BrINO/c9-4-8(12)6-2-1-5(10)3-7(6)11/h1-3H,4,11H2. The molecule has 0 radical (unpaired) electrons. The summed E-state index contributed by atoms with van der Waals surface area (Å²) in [6.07, 6.45) is 0. The number of hydrogen-bond donors (Lipinski definition) is 1. The number of carbonyl (C=O) groups excluding carboxylic acids is 1. The SMILES string of the molecule is Nc1cc(I)ccc1C(=O)CBr. The van der Waals surface area contributed by atoms with Crippen molar-refractivity contribution in [2.45, 2.75) is 0 Å². The van der Waals surface area contributed by atoms with Crippen molar-refractivity contribution >= 4 is 50.0 Å². The van der Waals surface area contributed by atoms with Crippen molar-refractivity contribution in [3.05, 3.63) is 27.3 Å². The van der Waals surface area contributed by atoms with Gasteiger partial charge in [0.15, 0.2) is 5.78 Å². The molecule has 0 unspecified atom stereocenters. The zero-order chi connectivity index (χ0) is 9.14. The summed E-state index contributed by atoms with van der Waals surface area (Å²) in [7, 11) is 0. The molecule has 0 bridgehead atoms. The molecular weight excluding hydrogens is 333 g/mol. The average molecular weight is 340 g/mol. The number of Topliss-reactive ketones (excluding diaryl/α,β-unsaturated/α-hetero) is 1. The van der Waals surface area contributed by atoms with E-state index < -0.39 is 0 Å². The first-order valence-electron chi connectivity index (χ1n) is 3.29. The molecule has 12 heavy (non-hydrogen) atoms. The van der Waals surface area contributed by atoms with Crippen LogP contribution < -0.4 is 5.73 Å². The van der Waals surface area contributed by atoms with Gasteiger partial charge in [-0.3, -0.25) is 4.79 Å². The summed E-state index contributed by atoms with van der Waals surface area (Å²) in [6, 6.07) is 5.41. The number of halogens is 2. The van der Waals surface area contributed by atoms with Gasteiger partial charge in [0.2, 0.25) is 0 Å². The molecule has 4 heteroatoms. The summed E-state index contributed by atoms with van der Waals surface area (Å²) in [5, 5.41) is 0.317. The van der Waals surface area contributed by atoms with E-state index in [2.05, 4.69) is 38.5 Å². The third-order valence-electron chi connectivity index (χ3n) is 1.44. The minimum atomic E-state index is 0.0175. The van der Waals surface area contributed by atoms with Gasteiger partial charge in [0.05, 0.1) is 5.33 Å². The highest BCUT2D eigenvalue weighted by atomic mass is 127. The molecule has 0 saturated heterocycles. The van der Waals surface area contributed by atoms with Crippen LogP contribution in [0.4, 0.5) is 5.69 Å². The van der Waals surface area contributed by atoms with Gasteiger partial charge in [0.1, 0.15) is 0 Å². The molecule has 2 nitrogen and oxygen atoms in total. The third kappa shape index (κ3) is 2.20. The van der Waals surface area contributed by atoms with E-state index in [4.69, 9.17) is 5.73 Å². The van der Waals surface area contributed by atoms with E-state index in [0.29, 0.717) is 16.6 Å². The largest absolute Gasteiger partial charge is 0.398 e. The summed E-state index contributed by atoms with van der Waals surface area (Å²) >= 11 is 5.25. The second-order valence-corrected chi connectivity index (χ2v) is 4.09. The fourth-order valence-corrected chi connectivity index (χ4v) is 1.68. The van der Waals surface area contributed by atoms with Gasteiger partial charge in [-0.05, 0) is 40.8 Å². The van der Waals surface area contributed by atoms with Gasteiger partial charge >= 0.3 is 0 Å². The van der Waals surface area contributed by atoms with Crippen molar-refractivity contribution in [1.82, 2.24) is 0 Å².